The maximum absolute atomic E-state index is 3.38. The van der Waals surface area contributed by atoms with Crippen LogP contribution < -0.4 is 0 Å². The van der Waals surface area contributed by atoms with E-state index in [1.165, 1.54) is 11.1 Å². The molecule has 0 aromatic heterocycles. The summed E-state index contributed by atoms with van der Waals surface area (Å²) in [5, 5.41) is 0. The number of benzene rings is 4. The first-order chi connectivity index (χ1) is 14.7. The molecule has 4 rings (SSSR count). The van der Waals surface area contributed by atoms with Crippen LogP contribution in [0.1, 0.15) is 33.4 Å². The van der Waals surface area contributed by atoms with Crippen LogP contribution >= 0.6 is 0 Å². The summed E-state index contributed by atoms with van der Waals surface area (Å²) in [6, 6.07) is 33.0. The molecule has 0 radical (unpaired) electrons. The van der Waals surface area contributed by atoms with Crippen LogP contribution in [-0.4, -0.2) is 0 Å². The molecule has 0 aliphatic rings. The Labute approximate surface area is 179 Å². The first-order valence-electron chi connectivity index (χ1n) is 10.0. The van der Waals surface area contributed by atoms with Gasteiger partial charge in [0.15, 0.2) is 0 Å². The summed E-state index contributed by atoms with van der Waals surface area (Å²) in [7, 11) is 0. The fraction of sp³-hybridized carbons (Fsp3) is 0.0667. The molecule has 4 aromatic carbocycles. The van der Waals surface area contributed by atoms with E-state index in [0.717, 1.165) is 33.4 Å². The summed E-state index contributed by atoms with van der Waals surface area (Å²) in [4.78, 5) is 0. The van der Waals surface area contributed by atoms with E-state index < -0.39 is 0 Å². The summed E-state index contributed by atoms with van der Waals surface area (Å²) in [6.45, 7) is 4.23. The molecule has 0 aliphatic heterocycles. The van der Waals surface area contributed by atoms with Gasteiger partial charge in [-0.1, -0.05) is 95.5 Å². The Balaban J connectivity index is 1.83. The van der Waals surface area contributed by atoms with Crippen molar-refractivity contribution in [2.75, 3.05) is 0 Å². The predicted octanol–water partition coefficient (Wildman–Crippen LogP) is 6.77. The zero-order valence-corrected chi connectivity index (χ0v) is 17.2. The standard InChI is InChI=1S/C30H22/c1-23-13-17-27(19-15-25-9-5-3-6-10-25)29(21-23)30-22-24(2)14-18-28(30)20-16-26-11-7-4-8-12-26/h3-14,17-18,21-22H,1-2H3. The van der Waals surface area contributed by atoms with Gasteiger partial charge in [0.2, 0.25) is 0 Å². The topological polar surface area (TPSA) is 0 Å². The van der Waals surface area contributed by atoms with E-state index in [1.54, 1.807) is 0 Å². The lowest BCUT2D eigenvalue weighted by Crippen LogP contribution is -1.91. The maximum Gasteiger partial charge on any atom is 0.0328 e. The largest absolute Gasteiger partial charge is 0.0622 e. The van der Waals surface area contributed by atoms with Crippen LogP contribution in [0.3, 0.4) is 0 Å². The molecule has 0 nitrogen and oxygen atoms in total. The van der Waals surface area contributed by atoms with Gasteiger partial charge in [-0.05, 0) is 61.4 Å². The average Bonchev–Trinajstić information content (AvgIpc) is 2.79. The number of aryl methyl sites for hydroxylation is 2. The quantitative estimate of drug-likeness (QED) is 0.319. The highest BCUT2D eigenvalue weighted by atomic mass is 14.1. The van der Waals surface area contributed by atoms with Crippen LogP contribution in [0.25, 0.3) is 11.1 Å². The van der Waals surface area contributed by atoms with Gasteiger partial charge in [0.05, 0.1) is 0 Å². The van der Waals surface area contributed by atoms with Gasteiger partial charge in [0.25, 0.3) is 0 Å². The molecule has 0 amide bonds. The van der Waals surface area contributed by atoms with E-state index in [-0.39, 0.29) is 0 Å². The van der Waals surface area contributed by atoms with E-state index in [4.69, 9.17) is 0 Å². The fourth-order valence-electron chi connectivity index (χ4n) is 3.30. The van der Waals surface area contributed by atoms with Crippen molar-refractivity contribution >= 4 is 0 Å². The van der Waals surface area contributed by atoms with E-state index >= 15 is 0 Å². The second-order valence-electron chi connectivity index (χ2n) is 7.33. The van der Waals surface area contributed by atoms with Crippen LogP contribution in [0.15, 0.2) is 97.1 Å². The molecule has 0 saturated carbocycles. The highest BCUT2D eigenvalue weighted by Gasteiger charge is 2.09. The molecule has 0 heteroatoms. The second-order valence-corrected chi connectivity index (χ2v) is 7.33. The van der Waals surface area contributed by atoms with Crippen molar-refractivity contribution in [1.82, 2.24) is 0 Å². The predicted molar refractivity (Wildman–Crippen MR) is 126 cm³/mol. The lowest BCUT2D eigenvalue weighted by molar-refractivity contribution is 1.42. The molecule has 0 aliphatic carbocycles. The Morgan fingerprint density at radius 2 is 0.833 bits per heavy atom. The summed E-state index contributed by atoms with van der Waals surface area (Å²) >= 11 is 0. The van der Waals surface area contributed by atoms with Crippen molar-refractivity contribution in [1.29, 1.82) is 0 Å². The minimum absolute atomic E-state index is 1.01. The van der Waals surface area contributed by atoms with E-state index in [9.17, 15) is 0 Å². The Bertz CT molecular complexity index is 1180. The fourth-order valence-corrected chi connectivity index (χ4v) is 3.30. The van der Waals surface area contributed by atoms with E-state index in [2.05, 4.69) is 73.9 Å². The smallest absolute Gasteiger partial charge is 0.0328 e. The molecule has 0 atom stereocenters. The third kappa shape index (κ3) is 4.70. The van der Waals surface area contributed by atoms with Gasteiger partial charge >= 0.3 is 0 Å². The van der Waals surface area contributed by atoms with Crippen molar-refractivity contribution in [2.45, 2.75) is 13.8 Å². The Morgan fingerprint density at radius 1 is 0.433 bits per heavy atom. The molecule has 0 heterocycles. The molecule has 30 heavy (non-hydrogen) atoms. The van der Waals surface area contributed by atoms with Crippen molar-refractivity contribution in [2.24, 2.45) is 0 Å². The van der Waals surface area contributed by atoms with Crippen molar-refractivity contribution in [3.05, 3.63) is 130 Å². The monoisotopic (exact) mass is 382 g/mol. The third-order valence-corrected chi connectivity index (χ3v) is 4.87. The van der Waals surface area contributed by atoms with Gasteiger partial charge in [-0.25, -0.2) is 0 Å². The average molecular weight is 383 g/mol. The van der Waals surface area contributed by atoms with Crippen LogP contribution in [0.5, 0.6) is 0 Å². The third-order valence-electron chi connectivity index (χ3n) is 4.87. The van der Waals surface area contributed by atoms with Crippen molar-refractivity contribution < 1.29 is 0 Å². The zero-order valence-electron chi connectivity index (χ0n) is 17.2. The van der Waals surface area contributed by atoms with Crippen molar-refractivity contribution in [3.8, 4) is 34.8 Å². The van der Waals surface area contributed by atoms with E-state index in [1.807, 2.05) is 60.7 Å². The van der Waals surface area contributed by atoms with Crippen LogP contribution in [0.2, 0.25) is 0 Å². The zero-order chi connectivity index (χ0) is 20.8. The van der Waals surface area contributed by atoms with Crippen LogP contribution in [-0.2, 0) is 0 Å². The Kier molecular flexibility index (Phi) is 5.80. The molecule has 0 spiro atoms. The lowest BCUT2D eigenvalue weighted by Gasteiger charge is -2.10. The summed E-state index contributed by atoms with van der Waals surface area (Å²) in [6.07, 6.45) is 0. The first-order valence-corrected chi connectivity index (χ1v) is 10.0. The second kappa shape index (κ2) is 9.00. The summed E-state index contributed by atoms with van der Waals surface area (Å²) in [5.74, 6) is 13.3. The maximum atomic E-state index is 3.38. The van der Waals surface area contributed by atoms with Crippen LogP contribution in [0, 0.1) is 37.5 Å². The molecule has 0 bridgehead atoms. The van der Waals surface area contributed by atoms with Crippen molar-refractivity contribution in [3.63, 3.8) is 0 Å². The minimum atomic E-state index is 1.01. The normalized spacial score (nSPS) is 9.80. The molecule has 0 N–H and O–H groups in total. The lowest BCUT2D eigenvalue weighted by atomic mass is 9.92. The highest BCUT2D eigenvalue weighted by molar-refractivity contribution is 5.78. The number of hydrogen-bond acceptors (Lipinski definition) is 0. The number of rotatable bonds is 1. The Hall–Kier alpha value is -4.00. The summed E-state index contributed by atoms with van der Waals surface area (Å²) in [5.41, 5.74) is 8.71. The molecular weight excluding hydrogens is 360 g/mol. The van der Waals surface area contributed by atoms with Gasteiger partial charge in [-0.3, -0.25) is 0 Å². The SMILES string of the molecule is Cc1ccc(C#Cc2ccccc2)c(-c2cc(C)ccc2C#Cc2ccccc2)c1. The summed E-state index contributed by atoms with van der Waals surface area (Å²) < 4.78 is 0. The molecule has 4 aromatic rings. The highest BCUT2D eigenvalue weighted by Crippen LogP contribution is 2.29. The van der Waals surface area contributed by atoms with Gasteiger partial charge in [-0.15, -0.1) is 0 Å². The molecular formula is C30H22. The van der Waals surface area contributed by atoms with Crippen LogP contribution in [0.4, 0.5) is 0 Å². The first kappa shape index (κ1) is 19.3. The molecule has 0 fully saturated rings. The van der Waals surface area contributed by atoms with Gasteiger partial charge in [0.1, 0.15) is 0 Å². The van der Waals surface area contributed by atoms with E-state index in [0.29, 0.717) is 0 Å². The molecule has 0 saturated heterocycles. The van der Waals surface area contributed by atoms with Gasteiger partial charge < -0.3 is 0 Å². The number of hydrogen-bond donors (Lipinski definition) is 0. The van der Waals surface area contributed by atoms with Gasteiger partial charge in [0, 0.05) is 22.3 Å². The molecule has 142 valence electrons. The van der Waals surface area contributed by atoms with Gasteiger partial charge in [-0.2, -0.15) is 0 Å². The molecule has 0 unspecified atom stereocenters. The minimum Gasteiger partial charge on any atom is -0.0622 e. The Morgan fingerprint density at radius 3 is 1.23 bits per heavy atom.